The zero-order chi connectivity index (χ0) is 9.19. The molecule has 0 aliphatic rings. The van der Waals surface area contributed by atoms with Crippen LogP contribution in [0.3, 0.4) is 0 Å². The summed E-state index contributed by atoms with van der Waals surface area (Å²) in [5, 5.41) is 8.55. The van der Waals surface area contributed by atoms with Crippen LogP contribution in [0.25, 0.3) is 0 Å². The van der Waals surface area contributed by atoms with Gasteiger partial charge in [0.15, 0.2) is 0 Å². The first-order valence-corrected chi connectivity index (χ1v) is 3.67. The van der Waals surface area contributed by atoms with Crippen LogP contribution in [0.1, 0.15) is 19.0 Å². The summed E-state index contributed by atoms with van der Waals surface area (Å²) in [6, 6.07) is 3.57. The smallest absolute Gasteiger partial charge is 0.305 e. The molecule has 4 heteroatoms. The topological polar surface area (TPSA) is 79.1 Å². The third kappa shape index (κ3) is 1.85. The van der Waals surface area contributed by atoms with Gasteiger partial charge in [0.25, 0.3) is 0 Å². The van der Waals surface area contributed by atoms with E-state index in [-0.39, 0.29) is 6.42 Å². The van der Waals surface area contributed by atoms with Gasteiger partial charge in [0.05, 0.1) is 12.0 Å². The van der Waals surface area contributed by atoms with Crippen molar-refractivity contribution < 1.29 is 9.90 Å². The summed E-state index contributed by atoms with van der Waals surface area (Å²) in [6.45, 7) is 1.69. The van der Waals surface area contributed by atoms with Gasteiger partial charge in [-0.1, -0.05) is 0 Å². The Hall–Kier alpha value is -1.29. The molecule has 1 unspecified atom stereocenters. The van der Waals surface area contributed by atoms with Gasteiger partial charge >= 0.3 is 5.97 Å². The number of nitrogens with two attached hydrogens (primary N) is 1. The maximum atomic E-state index is 10.4. The van der Waals surface area contributed by atoms with Crippen molar-refractivity contribution in [1.29, 1.82) is 0 Å². The predicted octanol–water partition coefficient (Wildman–Crippen LogP) is 0.663. The number of H-pyrrole nitrogens is 1. The molecule has 1 atom stereocenters. The van der Waals surface area contributed by atoms with Gasteiger partial charge in [-0.25, -0.2) is 0 Å². The van der Waals surface area contributed by atoms with E-state index < -0.39 is 11.5 Å². The van der Waals surface area contributed by atoms with Crippen LogP contribution >= 0.6 is 0 Å². The molecule has 1 rings (SSSR count). The maximum absolute atomic E-state index is 10.4. The highest BCUT2D eigenvalue weighted by molar-refractivity contribution is 5.68. The molecule has 4 N–H and O–H groups in total. The molecule has 0 aromatic carbocycles. The van der Waals surface area contributed by atoms with Crippen molar-refractivity contribution in [2.24, 2.45) is 5.73 Å². The summed E-state index contributed by atoms with van der Waals surface area (Å²) in [5.41, 5.74) is 5.70. The number of carbonyl (C=O) groups is 1. The lowest BCUT2D eigenvalue weighted by Crippen LogP contribution is -2.35. The molecule has 0 amide bonds. The first kappa shape index (κ1) is 8.80. The number of aromatic nitrogens is 1. The Morgan fingerprint density at radius 3 is 2.92 bits per heavy atom. The van der Waals surface area contributed by atoms with E-state index in [9.17, 15) is 4.79 Å². The van der Waals surface area contributed by atoms with Crippen LogP contribution in [0.5, 0.6) is 0 Å². The highest BCUT2D eigenvalue weighted by atomic mass is 16.4. The van der Waals surface area contributed by atoms with E-state index in [1.807, 2.05) is 0 Å². The molecule has 0 aliphatic carbocycles. The van der Waals surface area contributed by atoms with Crippen LogP contribution in [-0.4, -0.2) is 16.1 Å². The maximum Gasteiger partial charge on any atom is 0.305 e. The highest BCUT2D eigenvalue weighted by Crippen LogP contribution is 2.18. The lowest BCUT2D eigenvalue weighted by Gasteiger charge is -2.20. The van der Waals surface area contributed by atoms with Crippen molar-refractivity contribution in [3.8, 4) is 0 Å². The normalized spacial score (nSPS) is 15.5. The third-order valence-electron chi connectivity index (χ3n) is 1.73. The number of aromatic amines is 1. The van der Waals surface area contributed by atoms with Crippen LogP contribution in [0, 0.1) is 0 Å². The second-order valence-corrected chi connectivity index (χ2v) is 3.07. The molecule has 66 valence electrons. The zero-order valence-electron chi connectivity index (χ0n) is 6.87. The third-order valence-corrected chi connectivity index (χ3v) is 1.73. The van der Waals surface area contributed by atoms with Crippen LogP contribution in [0.15, 0.2) is 18.3 Å². The quantitative estimate of drug-likeness (QED) is 0.620. The summed E-state index contributed by atoms with van der Waals surface area (Å²) >= 11 is 0. The van der Waals surface area contributed by atoms with Crippen LogP contribution in [0.4, 0.5) is 0 Å². The van der Waals surface area contributed by atoms with E-state index >= 15 is 0 Å². The Morgan fingerprint density at radius 2 is 2.50 bits per heavy atom. The van der Waals surface area contributed by atoms with Gasteiger partial charge in [0, 0.05) is 11.9 Å². The van der Waals surface area contributed by atoms with E-state index in [4.69, 9.17) is 10.8 Å². The molecule has 0 radical (unpaired) electrons. The van der Waals surface area contributed by atoms with Gasteiger partial charge in [-0.15, -0.1) is 0 Å². The number of carboxylic acids is 1. The molecule has 0 saturated heterocycles. The summed E-state index contributed by atoms with van der Waals surface area (Å²) in [7, 11) is 0. The molecule has 0 fully saturated rings. The van der Waals surface area contributed by atoms with E-state index in [0.29, 0.717) is 0 Å². The molecule has 0 spiro atoms. The molecule has 0 saturated carbocycles. The Bertz CT molecular complexity index is 265. The van der Waals surface area contributed by atoms with Gasteiger partial charge < -0.3 is 15.8 Å². The molecule has 0 aliphatic heterocycles. The first-order chi connectivity index (χ1) is 5.52. The minimum absolute atomic E-state index is 0.0759. The number of nitrogens with one attached hydrogen (secondary N) is 1. The average molecular weight is 168 g/mol. The van der Waals surface area contributed by atoms with Gasteiger partial charge in [0.2, 0.25) is 0 Å². The molecular formula is C8H12N2O2. The first-order valence-electron chi connectivity index (χ1n) is 3.67. The van der Waals surface area contributed by atoms with Crippen molar-refractivity contribution in [2.75, 3.05) is 0 Å². The highest BCUT2D eigenvalue weighted by Gasteiger charge is 2.25. The minimum Gasteiger partial charge on any atom is -0.481 e. The SMILES string of the molecule is CC(N)(CC(=O)O)c1ccc[nH]1. The fraction of sp³-hybridized carbons (Fsp3) is 0.375. The lowest BCUT2D eigenvalue weighted by atomic mass is 9.95. The number of hydrogen-bond donors (Lipinski definition) is 3. The van der Waals surface area contributed by atoms with Crippen molar-refractivity contribution >= 4 is 5.97 Å². The average Bonchev–Trinajstić information content (AvgIpc) is 2.32. The van der Waals surface area contributed by atoms with Crippen molar-refractivity contribution in [2.45, 2.75) is 18.9 Å². The summed E-state index contributed by atoms with van der Waals surface area (Å²) in [4.78, 5) is 13.3. The van der Waals surface area contributed by atoms with Crippen molar-refractivity contribution in [1.82, 2.24) is 4.98 Å². The Kier molecular flexibility index (Phi) is 2.19. The Balaban J connectivity index is 2.79. The fourth-order valence-electron chi connectivity index (χ4n) is 1.09. The van der Waals surface area contributed by atoms with Gasteiger partial charge in [0.1, 0.15) is 0 Å². The number of rotatable bonds is 3. The standard InChI is InChI=1S/C8H12N2O2/c1-8(9,5-7(11)12)6-3-2-4-10-6/h2-4,10H,5,9H2,1H3,(H,11,12). The number of aliphatic carboxylic acids is 1. The van der Waals surface area contributed by atoms with E-state index in [1.165, 1.54) is 0 Å². The summed E-state index contributed by atoms with van der Waals surface area (Å²) in [5.74, 6) is -0.894. The predicted molar refractivity (Wildman–Crippen MR) is 44.6 cm³/mol. The Morgan fingerprint density at radius 1 is 1.83 bits per heavy atom. The largest absolute Gasteiger partial charge is 0.481 e. The van der Waals surface area contributed by atoms with Crippen LogP contribution in [-0.2, 0) is 10.3 Å². The van der Waals surface area contributed by atoms with E-state index in [2.05, 4.69) is 4.98 Å². The van der Waals surface area contributed by atoms with Crippen molar-refractivity contribution in [3.05, 3.63) is 24.0 Å². The van der Waals surface area contributed by atoms with Crippen LogP contribution in [0.2, 0.25) is 0 Å². The molecule has 1 aromatic rings. The molecule has 1 aromatic heterocycles. The number of hydrogen-bond acceptors (Lipinski definition) is 2. The molecular weight excluding hydrogens is 156 g/mol. The second-order valence-electron chi connectivity index (χ2n) is 3.07. The van der Waals surface area contributed by atoms with Crippen molar-refractivity contribution in [3.63, 3.8) is 0 Å². The molecule has 1 heterocycles. The fourth-order valence-corrected chi connectivity index (χ4v) is 1.09. The molecule has 4 nitrogen and oxygen atoms in total. The minimum atomic E-state index is -0.894. The van der Waals surface area contributed by atoms with Gasteiger partial charge in [-0.3, -0.25) is 4.79 Å². The van der Waals surface area contributed by atoms with Gasteiger partial charge in [-0.05, 0) is 19.1 Å². The molecule has 12 heavy (non-hydrogen) atoms. The monoisotopic (exact) mass is 168 g/mol. The summed E-state index contributed by atoms with van der Waals surface area (Å²) < 4.78 is 0. The number of carboxylic acid groups (broad SMARTS) is 1. The molecule has 0 bridgehead atoms. The second kappa shape index (κ2) is 2.98. The Labute approximate surface area is 70.4 Å². The van der Waals surface area contributed by atoms with E-state index in [0.717, 1.165) is 5.69 Å². The van der Waals surface area contributed by atoms with Crippen LogP contribution < -0.4 is 5.73 Å². The summed E-state index contributed by atoms with van der Waals surface area (Å²) in [6.07, 6.45) is 1.65. The van der Waals surface area contributed by atoms with Gasteiger partial charge in [-0.2, -0.15) is 0 Å². The lowest BCUT2D eigenvalue weighted by molar-refractivity contribution is -0.138. The van der Waals surface area contributed by atoms with E-state index in [1.54, 1.807) is 25.3 Å². The zero-order valence-corrected chi connectivity index (χ0v) is 6.87.